The van der Waals surface area contributed by atoms with Crippen molar-refractivity contribution < 1.29 is 27.8 Å². The summed E-state index contributed by atoms with van der Waals surface area (Å²) in [7, 11) is -3.75. The van der Waals surface area contributed by atoms with Crippen LogP contribution in [0.4, 0.5) is 4.39 Å². The molecule has 0 aliphatic carbocycles. The van der Waals surface area contributed by atoms with Gasteiger partial charge in [0.15, 0.2) is 5.78 Å². The number of carbonyl (C=O) groups is 1. The molecule has 0 bridgehead atoms. The highest BCUT2D eigenvalue weighted by Gasteiger charge is 2.46. The second-order valence-corrected chi connectivity index (χ2v) is 12.9. The number of carbonyl (C=O) groups excluding carboxylic acids is 1. The summed E-state index contributed by atoms with van der Waals surface area (Å²) in [4.78, 5) is 16.3. The van der Waals surface area contributed by atoms with Gasteiger partial charge in [-0.2, -0.15) is 0 Å². The molecule has 0 spiro atoms. The van der Waals surface area contributed by atoms with Crippen LogP contribution in [0.2, 0.25) is 0 Å². The fraction of sp³-hybridized carbons (Fsp3) is 0.387. The Morgan fingerprint density at radius 2 is 1.70 bits per heavy atom. The second-order valence-electron chi connectivity index (χ2n) is 10.8. The molecule has 2 aliphatic rings. The average Bonchev–Trinajstić information content (AvgIpc) is 2.91. The minimum Gasteiger partial charge on any atom is -0.508 e. The number of phenols is 2. The van der Waals surface area contributed by atoms with Crippen molar-refractivity contribution in [3.05, 3.63) is 94.8 Å². The predicted octanol–water partition coefficient (Wildman–Crippen LogP) is 4.65. The SMILES string of the molecule is Cc1c(F)cccc1C1C(C(=O)c2cccc(O)c2)CN(S(=O)(=O)CCCN2CCC2)CC1c1ccccc1O. The van der Waals surface area contributed by atoms with Crippen LogP contribution in [0.15, 0.2) is 66.7 Å². The molecule has 9 heteroatoms. The van der Waals surface area contributed by atoms with Crippen molar-refractivity contribution >= 4 is 15.8 Å². The number of sulfonamides is 1. The predicted molar refractivity (Wildman–Crippen MR) is 152 cm³/mol. The van der Waals surface area contributed by atoms with Gasteiger partial charge in [0.2, 0.25) is 10.0 Å². The number of rotatable bonds is 9. The number of hydrogen-bond acceptors (Lipinski definition) is 6. The van der Waals surface area contributed by atoms with Gasteiger partial charge in [0, 0.05) is 36.4 Å². The molecule has 0 amide bonds. The number of aromatic hydroxyl groups is 2. The maximum Gasteiger partial charge on any atom is 0.214 e. The molecule has 0 saturated carbocycles. The van der Waals surface area contributed by atoms with Gasteiger partial charge in [0.05, 0.1) is 5.75 Å². The van der Waals surface area contributed by atoms with Crippen LogP contribution in [0.3, 0.4) is 0 Å². The van der Waals surface area contributed by atoms with E-state index in [0.717, 1.165) is 19.5 Å². The molecular weight excluding hydrogens is 531 g/mol. The summed E-state index contributed by atoms with van der Waals surface area (Å²) in [6.45, 7) is 4.29. The van der Waals surface area contributed by atoms with Crippen LogP contribution in [0.25, 0.3) is 0 Å². The summed E-state index contributed by atoms with van der Waals surface area (Å²) >= 11 is 0. The Morgan fingerprint density at radius 1 is 0.975 bits per heavy atom. The molecule has 0 radical (unpaired) electrons. The Morgan fingerprint density at radius 3 is 2.40 bits per heavy atom. The number of likely N-dealkylation sites (tertiary alicyclic amines) is 1. The van der Waals surface area contributed by atoms with Crippen LogP contribution < -0.4 is 0 Å². The molecule has 2 heterocycles. The molecule has 3 aromatic carbocycles. The molecule has 3 atom stereocenters. The van der Waals surface area contributed by atoms with Crippen LogP contribution in [0.5, 0.6) is 11.5 Å². The first-order valence-electron chi connectivity index (χ1n) is 13.7. The summed E-state index contributed by atoms with van der Waals surface area (Å²) in [6, 6.07) is 17.4. The number of benzene rings is 3. The van der Waals surface area contributed by atoms with Gasteiger partial charge in [-0.05, 0) is 80.4 Å². The maximum absolute atomic E-state index is 14.9. The Kier molecular flexibility index (Phi) is 8.26. The third kappa shape index (κ3) is 5.77. The fourth-order valence-corrected chi connectivity index (χ4v) is 7.61. The molecule has 2 N–H and O–H groups in total. The quantitative estimate of drug-likeness (QED) is 0.366. The summed E-state index contributed by atoms with van der Waals surface area (Å²) in [6.07, 6.45) is 1.61. The molecule has 7 nitrogen and oxygen atoms in total. The summed E-state index contributed by atoms with van der Waals surface area (Å²) < 4.78 is 43.6. The van der Waals surface area contributed by atoms with E-state index in [2.05, 4.69) is 4.90 Å². The van der Waals surface area contributed by atoms with Crippen molar-refractivity contribution in [2.24, 2.45) is 5.92 Å². The summed E-state index contributed by atoms with van der Waals surface area (Å²) in [5.74, 6) is -3.01. The van der Waals surface area contributed by atoms with E-state index in [1.54, 1.807) is 49.4 Å². The standard InChI is InChI=1S/C31H35FN2O5S/c1-21-24(11-5-12-28(21)32)30-26(25-10-2-3-13-29(25)36)19-34(40(38,39)17-7-16-33-14-6-15-33)20-27(30)31(37)22-8-4-9-23(35)18-22/h2-5,8-13,18,26-27,30,35-36H,6-7,14-17,19-20H2,1H3. The third-order valence-electron chi connectivity index (χ3n) is 8.36. The Bertz CT molecular complexity index is 1490. The largest absolute Gasteiger partial charge is 0.508 e. The maximum atomic E-state index is 14.9. The monoisotopic (exact) mass is 566 g/mol. The number of hydrogen-bond donors (Lipinski definition) is 2. The van der Waals surface area contributed by atoms with E-state index in [1.165, 1.54) is 28.6 Å². The van der Waals surface area contributed by atoms with Crippen molar-refractivity contribution in [2.45, 2.75) is 31.6 Å². The van der Waals surface area contributed by atoms with E-state index in [-0.39, 0.29) is 41.7 Å². The molecule has 0 aromatic heterocycles. The molecule has 40 heavy (non-hydrogen) atoms. The number of piperidine rings is 1. The summed E-state index contributed by atoms with van der Waals surface area (Å²) in [5, 5.41) is 21.0. The van der Waals surface area contributed by atoms with Crippen LogP contribution in [-0.4, -0.2) is 72.1 Å². The number of ketones is 1. The molecule has 2 saturated heterocycles. The van der Waals surface area contributed by atoms with Crippen LogP contribution >= 0.6 is 0 Å². The number of nitrogens with zero attached hydrogens (tertiary/aromatic N) is 2. The number of halogens is 1. The molecule has 3 aromatic rings. The van der Waals surface area contributed by atoms with E-state index in [4.69, 9.17) is 0 Å². The molecule has 5 rings (SSSR count). The molecule has 2 fully saturated rings. The van der Waals surface area contributed by atoms with Crippen molar-refractivity contribution in [3.8, 4) is 11.5 Å². The second kappa shape index (κ2) is 11.7. The fourth-order valence-electron chi connectivity index (χ4n) is 6.08. The lowest BCUT2D eigenvalue weighted by atomic mass is 9.68. The zero-order valence-corrected chi connectivity index (χ0v) is 23.4. The van der Waals surface area contributed by atoms with E-state index < -0.39 is 33.6 Å². The van der Waals surface area contributed by atoms with Crippen molar-refractivity contribution in [1.29, 1.82) is 0 Å². The van der Waals surface area contributed by atoms with Crippen LogP contribution in [0, 0.1) is 18.7 Å². The smallest absolute Gasteiger partial charge is 0.214 e. The van der Waals surface area contributed by atoms with Crippen molar-refractivity contribution in [1.82, 2.24) is 9.21 Å². The first-order valence-corrected chi connectivity index (χ1v) is 15.3. The van der Waals surface area contributed by atoms with Gasteiger partial charge in [0.1, 0.15) is 17.3 Å². The Labute approximate surface area is 234 Å². The first-order chi connectivity index (χ1) is 19.2. The van der Waals surface area contributed by atoms with E-state index in [0.29, 0.717) is 29.7 Å². The van der Waals surface area contributed by atoms with Crippen molar-refractivity contribution in [2.75, 3.05) is 38.5 Å². The van der Waals surface area contributed by atoms with Crippen LogP contribution in [-0.2, 0) is 10.0 Å². The normalized spacial score (nSPS) is 22.1. The molecular formula is C31H35FN2O5S. The molecule has 2 aliphatic heterocycles. The lowest BCUT2D eigenvalue weighted by Gasteiger charge is -2.44. The van der Waals surface area contributed by atoms with Gasteiger partial charge in [-0.3, -0.25) is 4.79 Å². The lowest BCUT2D eigenvalue weighted by molar-refractivity contribution is 0.0824. The van der Waals surface area contributed by atoms with Gasteiger partial charge in [-0.1, -0.05) is 42.5 Å². The summed E-state index contributed by atoms with van der Waals surface area (Å²) in [5.41, 5.74) is 1.73. The van der Waals surface area contributed by atoms with E-state index in [9.17, 15) is 27.8 Å². The van der Waals surface area contributed by atoms with Gasteiger partial charge < -0.3 is 15.1 Å². The number of para-hydroxylation sites is 1. The highest BCUT2D eigenvalue weighted by atomic mass is 32.2. The highest BCUT2D eigenvalue weighted by Crippen LogP contribution is 2.48. The number of phenolic OH excluding ortho intramolecular Hbond substituents is 2. The van der Waals surface area contributed by atoms with E-state index >= 15 is 0 Å². The minimum atomic E-state index is -3.75. The average molecular weight is 567 g/mol. The van der Waals surface area contributed by atoms with E-state index in [1.807, 2.05) is 0 Å². The lowest BCUT2D eigenvalue weighted by Crippen LogP contribution is -2.50. The first kappa shape index (κ1) is 28.3. The topological polar surface area (TPSA) is 98.2 Å². The Balaban J connectivity index is 1.60. The van der Waals surface area contributed by atoms with Gasteiger partial charge in [0.25, 0.3) is 0 Å². The van der Waals surface area contributed by atoms with Gasteiger partial charge in [-0.15, -0.1) is 0 Å². The van der Waals surface area contributed by atoms with Gasteiger partial charge in [-0.25, -0.2) is 17.1 Å². The third-order valence-corrected chi connectivity index (χ3v) is 10.2. The minimum absolute atomic E-state index is 0.00728. The zero-order chi connectivity index (χ0) is 28.4. The molecule has 3 unspecified atom stereocenters. The highest BCUT2D eigenvalue weighted by molar-refractivity contribution is 7.89. The number of Topliss-reactive ketones (excluding diaryl/α,β-unsaturated/α-hetero) is 1. The van der Waals surface area contributed by atoms with Crippen molar-refractivity contribution in [3.63, 3.8) is 0 Å². The van der Waals surface area contributed by atoms with Gasteiger partial charge >= 0.3 is 0 Å². The Hall–Kier alpha value is -3.27. The van der Waals surface area contributed by atoms with Crippen LogP contribution in [0.1, 0.15) is 51.7 Å². The molecule has 212 valence electrons. The zero-order valence-electron chi connectivity index (χ0n) is 22.5.